The number of hydrogen-bond donors (Lipinski definition) is 1. The summed E-state index contributed by atoms with van der Waals surface area (Å²) in [4.78, 5) is 4.41. The van der Waals surface area contributed by atoms with Crippen LogP contribution in [0.15, 0.2) is 42.9 Å². The minimum absolute atomic E-state index is 0.286. The molecule has 2 aromatic rings. The maximum absolute atomic E-state index is 4.41. The number of aryl methyl sites for hydroxylation is 2. The van der Waals surface area contributed by atoms with Crippen LogP contribution < -0.4 is 5.32 Å². The van der Waals surface area contributed by atoms with Crippen molar-refractivity contribution in [1.29, 1.82) is 0 Å². The molecule has 21 heavy (non-hydrogen) atoms. The zero-order valence-electron chi connectivity index (χ0n) is 12.9. The van der Waals surface area contributed by atoms with Gasteiger partial charge in [-0.05, 0) is 44.3 Å². The topological polar surface area (TPSA) is 29.9 Å². The summed E-state index contributed by atoms with van der Waals surface area (Å²) in [6.45, 7) is 5.68. The molecule has 112 valence electrons. The predicted octanol–water partition coefficient (Wildman–Crippen LogP) is 3.16. The Hall–Kier alpha value is -1.61. The summed E-state index contributed by atoms with van der Waals surface area (Å²) in [5.41, 5.74) is 3.12. The predicted molar refractivity (Wildman–Crippen MR) is 86.4 cm³/mol. The highest BCUT2D eigenvalue weighted by Gasteiger charge is 2.31. The van der Waals surface area contributed by atoms with Gasteiger partial charge in [0.05, 0.1) is 6.33 Å². The summed E-state index contributed by atoms with van der Waals surface area (Å²) in [6, 6.07) is 10.7. The van der Waals surface area contributed by atoms with Crippen LogP contribution in [0, 0.1) is 0 Å². The molecule has 0 unspecified atom stereocenters. The van der Waals surface area contributed by atoms with E-state index in [0.29, 0.717) is 0 Å². The Balaban J connectivity index is 1.63. The number of imidazole rings is 1. The number of rotatable bonds is 5. The van der Waals surface area contributed by atoms with Crippen LogP contribution in [0.25, 0.3) is 0 Å². The van der Waals surface area contributed by atoms with E-state index in [1.807, 2.05) is 6.33 Å². The van der Waals surface area contributed by atoms with Crippen molar-refractivity contribution in [3.8, 4) is 0 Å². The summed E-state index contributed by atoms with van der Waals surface area (Å²) in [5.74, 6) is 0. The number of nitrogens with zero attached hydrogens (tertiary/aromatic N) is 2. The second-order valence-electron chi connectivity index (χ2n) is 6.37. The molecule has 0 radical (unpaired) electrons. The summed E-state index contributed by atoms with van der Waals surface area (Å²) in [5, 5.41) is 3.46. The van der Waals surface area contributed by atoms with Gasteiger partial charge in [-0.2, -0.15) is 0 Å². The molecule has 0 aliphatic carbocycles. The van der Waals surface area contributed by atoms with Crippen LogP contribution in [0.3, 0.4) is 0 Å². The van der Waals surface area contributed by atoms with E-state index in [-0.39, 0.29) is 5.41 Å². The molecule has 3 rings (SSSR count). The lowest BCUT2D eigenvalue weighted by Gasteiger charge is -2.34. The third-order valence-corrected chi connectivity index (χ3v) is 4.75. The Labute approximate surface area is 127 Å². The molecule has 0 amide bonds. The first-order chi connectivity index (χ1) is 10.3. The Bertz CT molecular complexity index is 553. The van der Waals surface area contributed by atoms with Gasteiger partial charge in [-0.25, -0.2) is 4.98 Å². The summed E-state index contributed by atoms with van der Waals surface area (Å²) in [7, 11) is 0. The molecule has 3 nitrogen and oxygen atoms in total. The van der Waals surface area contributed by atoms with E-state index in [1.165, 1.54) is 30.5 Å². The quantitative estimate of drug-likeness (QED) is 0.913. The standard InChI is InChI=1S/C18H25N3/c1-18(9-11-19-12-10-18)17-14-20-15-21(17)13-5-8-16-6-3-2-4-7-16/h2-4,6-7,14-15,19H,5,8-13H2,1H3. The molecule has 0 spiro atoms. The van der Waals surface area contributed by atoms with Gasteiger partial charge in [0.25, 0.3) is 0 Å². The minimum Gasteiger partial charge on any atom is -0.334 e. The lowest BCUT2D eigenvalue weighted by Crippen LogP contribution is -2.39. The fourth-order valence-electron chi connectivity index (χ4n) is 3.33. The van der Waals surface area contributed by atoms with Crippen LogP contribution in [0.5, 0.6) is 0 Å². The Morgan fingerprint density at radius 1 is 1.19 bits per heavy atom. The van der Waals surface area contributed by atoms with Gasteiger partial charge in [0.2, 0.25) is 0 Å². The van der Waals surface area contributed by atoms with Crippen LogP contribution in [-0.4, -0.2) is 22.6 Å². The summed E-state index contributed by atoms with van der Waals surface area (Å²) >= 11 is 0. The maximum atomic E-state index is 4.41. The molecule has 1 fully saturated rings. The number of hydrogen-bond acceptors (Lipinski definition) is 2. The fraction of sp³-hybridized carbons (Fsp3) is 0.500. The average molecular weight is 283 g/mol. The van der Waals surface area contributed by atoms with Gasteiger partial charge in [-0.1, -0.05) is 37.3 Å². The van der Waals surface area contributed by atoms with E-state index in [1.54, 1.807) is 0 Å². The number of aromatic nitrogens is 2. The van der Waals surface area contributed by atoms with Gasteiger partial charge < -0.3 is 9.88 Å². The van der Waals surface area contributed by atoms with E-state index in [0.717, 1.165) is 26.1 Å². The molecule has 0 saturated carbocycles. The van der Waals surface area contributed by atoms with Crippen molar-refractivity contribution in [3.63, 3.8) is 0 Å². The molecule has 0 bridgehead atoms. The second kappa shape index (κ2) is 6.44. The Morgan fingerprint density at radius 3 is 2.71 bits per heavy atom. The van der Waals surface area contributed by atoms with E-state index in [2.05, 4.69) is 58.3 Å². The van der Waals surface area contributed by atoms with E-state index in [9.17, 15) is 0 Å². The first-order valence-corrected chi connectivity index (χ1v) is 8.03. The number of piperidine rings is 1. The van der Waals surface area contributed by atoms with Gasteiger partial charge in [0.15, 0.2) is 0 Å². The zero-order chi connectivity index (χ0) is 14.5. The molecule has 3 heteroatoms. The lowest BCUT2D eigenvalue weighted by atomic mass is 9.78. The Morgan fingerprint density at radius 2 is 1.95 bits per heavy atom. The second-order valence-corrected chi connectivity index (χ2v) is 6.37. The third kappa shape index (κ3) is 3.35. The first-order valence-electron chi connectivity index (χ1n) is 8.03. The van der Waals surface area contributed by atoms with Crippen molar-refractivity contribution in [3.05, 3.63) is 54.1 Å². The number of nitrogens with one attached hydrogen (secondary N) is 1. The highest BCUT2D eigenvalue weighted by atomic mass is 15.1. The van der Waals surface area contributed by atoms with Crippen molar-refractivity contribution >= 4 is 0 Å². The first kappa shape index (κ1) is 14.3. The highest BCUT2D eigenvalue weighted by Crippen LogP contribution is 2.32. The molecule has 1 aliphatic rings. The zero-order valence-corrected chi connectivity index (χ0v) is 12.9. The normalized spacial score (nSPS) is 17.8. The van der Waals surface area contributed by atoms with Crippen molar-refractivity contribution in [1.82, 2.24) is 14.9 Å². The van der Waals surface area contributed by atoms with Gasteiger partial charge in [-0.3, -0.25) is 0 Å². The lowest BCUT2D eigenvalue weighted by molar-refractivity contribution is 0.316. The molecular formula is C18H25N3. The maximum Gasteiger partial charge on any atom is 0.0948 e. The summed E-state index contributed by atoms with van der Waals surface area (Å²) < 4.78 is 2.37. The van der Waals surface area contributed by atoms with Crippen LogP contribution in [-0.2, 0) is 18.4 Å². The van der Waals surface area contributed by atoms with Crippen molar-refractivity contribution in [2.45, 2.75) is 44.6 Å². The molecule has 1 aromatic heterocycles. The van der Waals surface area contributed by atoms with Gasteiger partial charge in [-0.15, -0.1) is 0 Å². The third-order valence-electron chi connectivity index (χ3n) is 4.75. The molecule has 2 heterocycles. The molecule has 1 N–H and O–H groups in total. The van der Waals surface area contributed by atoms with Crippen LogP contribution >= 0.6 is 0 Å². The molecular weight excluding hydrogens is 258 g/mol. The van der Waals surface area contributed by atoms with Crippen LogP contribution in [0.4, 0.5) is 0 Å². The van der Waals surface area contributed by atoms with E-state index >= 15 is 0 Å². The van der Waals surface area contributed by atoms with Crippen molar-refractivity contribution < 1.29 is 0 Å². The molecule has 1 aliphatic heterocycles. The summed E-state index contributed by atoms with van der Waals surface area (Å²) in [6.07, 6.45) is 8.80. The van der Waals surface area contributed by atoms with Gasteiger partial charge in [0, 0.05) is 23.9 Å². The average Bonchev–Trinajstić information content (AvgIpc) is 2.98. The number of benzene rings is 1. The van der Waals surface area contributed by atoms with Gasteiger partial charge in [0.1, 0.15) is 0 Å². The molecule has 1 saturated heterocycles. The highest BCUT2D eigenvalue weighted by molar-refractivity contribution is 5.16. The molecule has 1 aromatic carbocycles. The van der Waals surface area contributed by atoms with Crippen molar-refractivity contribution in [2.24, 2.45) is 0 Å². The largest absolute Gasteiger partial charge is 0.334 e. The van der Waals surface area contributed by atoms with E-state index < -0.39 is 0 Å². The van der Waals surface area contributed by atoms with Crippen molar-refractivity contribution in [2.75, 3.05) is 13.1 Å². The van der Waals surface area contributed by atoms with Crippen LogP contribution in [0.1, 0.15) is 37.4 Å². The molecule has 0 atom stereocenters. The Kier molecular flexibility index (Phi) is 4.39. The smallest absolute Gasteiger partial charge is 0.0948 e. The van der Waals surface area contributed by atoms with Gasteiger partial charge >= 0.3 is 0 Å². The minimum atomic E-state index is 0.286. The SMILES string of the molecule is CC1(c2cncn2CCCc2ccccc2)CCNCC1. The van der Waals surface area contributed by atoms with Crippen LogP contribution in [0.2, 0.25) is 0 Å². The monoisotopic (exact) mass is 283 g/mol. The van der Waals surface area contributed by atoms with E-state index in [4.69, 9.17) is 0 Å². The fourth-order valence-corrected chi connectivity index (χ4v) is 3.33.